The van der Waals surface area contributed by atoms with Crippen LogP contribution in [0.15, 0.2) is 48.5 Å². The molecule has 1 atom stereocenters. The van der Waals surface area contributed by atoms with Gasteiger partial charge in [-0.25, -0.2) is 0 Å². The standard InChI is InChI=1S/C18H22N2/c1-14-12-19-10-9-16-7-8-17(11-18(14)16)20-13-15-5-3-2-4-6-15/h2-8,11,14,19-20H,9-10,12-13H2,1H3. The lowest BCUT2D eigenvalue weighted by molar-refractivity contribution is 0.644. The summed E-state index contributed by atoms with van der Waals surface area (Å²) in [6.45, 7) is 5.35. The van der Waals surface area contributed by atoms with Crippen molar-refractivity contribution >= 4 is 5.69 Å². The Labute approximate surface area is 121 Å². The van der Waals surface area contributed by atoms with Crippen molar-refractivity contribution in [3.05, 3.63) is 65.2 Å². The van der Waals surface area contributed by atoms with Gasteiger partial charge in [0.25, 0.3) is 0 Å². The topological polar surface area (TPSA) is 24.1 Å². The van der Waals surface area contributed by atoms with Crippen molar-refractivity contribution in [3.8, 4) is 0 Å². The lowest BCUT2D eigenvalue weighted by atomic mass is 9.95. The Morgan fingerprint density at radius 1 is 1.15 bits per heavy atom. The zero-order chi connectivity index (χ0) is 13.8. The highest BCUT2D eigenvalue weighted by molar-refractivity contribution is 5.50. The second-order valence-corrected chi connectivity index (χ2v) is 5.61. The highest BCUT2D eigenvalue weighted by Crippen LogP contribution is 2.25. The van der Waals surface area contributed by atoms with Gasteiger partial charge >= 0.3 is 0 Å². The quantitative estimate of drug-likeness (QED) is 0.888. The summed E-state index contributed by atoms with van der Waals surface area (Å²) in [5, 5.41) is 7.03. The van der Waals surface area contributed by atoms with Gasteiger partial charge in [-0.2, -0.15) is 0 Å². The normalized spacial score (nSPS) is 18.1. The molecule has 104 valence electrons. The smallest absolute Gasteiger partial charge is 0.0400 e. The van der Waals surface area contributed by atoms with E-state index in [0.717, 1.165) is 26.1 Å². The summed E-state index contributed by atoms with van der Waals surface area (Å²) in [7, 11) is 0. The van der Waals surface area contributed by atoms with Crippen molar-refractivity contribution in [2.24, 2.45) is 0 Å². The Bertz CT molecular complexity index is 563. The molecule has 3 rings (SSSR count). The molecule has 2 heteroatoms. The van der Waals surface area contributed by atoms with Crippen LogP contribution in [0.5, 0.6) is 0 Å². The van der Waals surface area contributed by atoms with Crippen molar-refractivity contribution in [3.63, 3.8) is 0 Å². The van der Waals surface area contributed by atoms with E-state index in [4.69, 9.17) is 0 Å². The van der Waals surface area contributed by atoms with Gasteiger partial charge in [0.1, 0.15) is 0 Å². The van der Waals surface area contributed by atoms with Gasteiger partial charge in [-0.3, -0.25) is 0 Å². The van der Waals surface area contributed by atoms with Gasteiger partial charge in [-0.05, 0) is 47.7 Å². The number of anilines is 1. The van der Waals surface area contributed by atoms with E-state index in [1.54, 1.807) is 0 Å². The first-order chi connectivity index (χ1) is 9.83. The molecular formula is C18H22N2. The van der Waals surface area contributed by atoms with E-state index in [2.05, 4.69) is 66.1 Å². The predicted octanol–water partition coefficient (Wildman–Crippen LogP) is 3.55. The van der Waals surface area contributed by atoms with Gasteiger partial charge in [0.2, 0.25) is 0 Å². The van der Waals surface area contributed by atoms with Crippen LogP contribution in [0.25, 0.3) is 0 Å². The van der Waals surface area contributed by atoms with Gasteiger partial charge in [-0.1, -0.05) is 43.3 Å². The minimum atomic E-state index is 0.589. The summed E-state index contributed by atoms with van der Waals surface area (Å²) < 4.78 is 0. The van der Waals surface area contributed by atoms with Gasteiger partial charge in [0.15, 0.2) is 0 Å². The molecule has 0 bridgehead atoms. The average molecular weight is 266 g/mol. The molecular weight excluding hydrogens is 244 g/mol. The van der Waals surface area contributed by atoms with E-state index in [-0.39, 0.29) is 0 Å². The number of benzene rings is 2. The third-order valence-electron chi connectivity index (χ3n) is 4.04. The van der Waals surface area contributed by atoms with Crippen LogP contribution in [-0.2, 0) is 13.0 Å². The number of hydrogen-bond donors (Lipinski definition) is 2. The zero-order valence-corrected chi connectivity index (χ0v) is 12.0. The number of rotatable bonds is 3. The summed E-state index contributed by atoms with van der Waals surface area (Å²) in [6.07, 6.45) is 1.14. The van der Waals surface area contributed by atoms with Crippen LogP contribution in [0.2, 0.25) is 0 Å². The first kappa shape index (κ1) is 13.2. The molecule has 1 aliphatic rings. The number of fused-ring (bicyclic) bond motifs is 1. The van der Waals surface area contributed by atoms with Crippen LogP contribution in [0, 0.1) is 0 Å². The highest BCUT2D eigenvalue weighted by atomic mass is 14.9. The van der Waals surface area contributed by atoms with E-state index in [1.807, 2.05) is 0 Å². The molecule has 1 heterocycles. The minimum absolute atomic E-state index is 0.589. The summed E-state index contributed by atoms with van der Waals surface area (Å²) in [5.74, 6) is 0.589. The fraction of sp³-hybridized carbons (Fsp3) is 0.333. The molecule has 20 heavy (non-hydrogen) atoms. The Kier molecular flexibility index (Phi) is 4.03. The molecule has 0 radical (unpaired) electrons. The molecule has 0 aromatic heterocycles. The molecule has 1 aliphatic heterocycles. The van der Waals surface area contributed by atoms with Crippen molar-refractivity contribution in [1.82, 2.24) is 5.32 Å². The number of nitrogens with one attached hydrogen (secondary N) is 2. The summed E-state index contributed by atoms with van der Waals surface area (Å²) in [4.78, 5) is 0. The molecule has 1 unspecified atom stereocenters. The molecule has 0 spiro atoms. The van der Waals surface area contributed by atoms with Gasteiger partial charge in [-0.15, -0.1) is 0 Å². The zero-order valence-electron chi connectivity index (χ0n) is 12.0. The van der Waals surface area contributed by atoms with Gasteiger partial charge < -0.3 is 10.6 Å². The molecule has 0 saturated heterocycles. The Morgan fingerprint density at radius 2 is 2.00 bits per heavy atom. The molecule has 0 amide bonds. The predicted molar refractivity (Wildman–Crippen MR) is 85.2 cm³/mol. The maximum atomic E-state index is 3.53. The van der Waals surface area contributed by atoms with E-state index in [1.165, 1.54) is 22.4 Å². The SMILES string of the molecule is CC1CNCCc2ccc(NCc3ccccc3)cc21. The second kappa shape index (κ2) is 6.10. The molecule has 0 fully saturated rings. The Hall–Kier alpha value is -1.80. The summed E-state index contributed by atoms with van der Waals surface area (Å²) in [6, 6.07) is 17.4. The molecule has 2 aromatic carbocycles. The van der Waals surface area contributed by atoms with Crippen LogP contribution >= 0.6 is 0 Å². The van der Waals surface area contributed by atoms with E-state index < -0.39 is 0 Å². The molecule has 2 aromatic rings. The van der Waals surface area contributed by atoms with Crippen molar-refractivity contribution < 1.29 is 0 Å². The fourth-order valence-corrected chi connectivity index (χ4v) is 2.84. The minimum Gasteiger partial charge on any atom is -0.381 e. The maximum absolute atomic E-state index is 3.53. The number of hydrogen-bond acceptors (Lipinski definition) is 2. The van der Waals surface area contributed by atoms with Crippen LogP contribution in [0.4, 0.5) is 5.69 Å². The van der Waals surface area contributed by atoms with Crippen molar-refractivity contribution in [2.45, 2.75) is 25.8 Å². The monoisotopic (exact) mass is 266 g/mol. The van der Waals surface area contributed by atoms with E-state index in [0.29, 0.717) is 5.92 Å². The summed E-state index contributed by atoms with van der Waals surface area (Å²) in [5.41, 5.74) is 5.53. The first-order valence-electron chi connectivity index (χ1n) is 7.44. The van der Waals surface area contributed by atoms with Gasteiger partial charge in [0, 0.05) is 18.8 Å². The highest BCUT2D eigenvalue weighted by Gasteiger charge is 2.14. The fourth-order valence-electron chi connectivity index (χ4n) is 2.84. The average Bonchev–Trinajstić information content (AvgIpc) is 2.68. The van der Waals surface area contributed by atoms with Crippen LogP contribution in [0.1, 0.15) is 29.5 Å². The lowest BCUT2D eigenvalue weighted by Crippen LogP contribution is -2.18. The largest absolute Gasteiger partial charge is 0.381 e. The van der Waals surface area contributed by atoms with E-state index >= 15 is 0 Å². The molecule has 2 N–H and O–H groups in total. The first-order valence-corrected chi connectivity index (χ1v) is 7.44. The van der Waals surface area contributed by atoms with Crippen LogP contribution < -0.4 is 10.6 Å². The third kappa shape index (κ3) is 3.02. The Balaban J connectivity index is 1.75. The molecule has 0 saturated carbocycles. The van der Waals surface area contributed by atoms with Crippen molar-refractivity contribution in [2.75, 3.05) is 18.4 Å². The van der Waals surface area contributed by atoms with Crippen molar-refractivity contribution in [1.29, 1.82) is 0 Å². The third-order valence-corrected chi connectivity index (χ3v) is 4.04. The molecule has 0 aliphatic carbocycles. The molecule has 2 nitrogen and oxygen atoms in total. The van der Waals surface area contributed by atoms with Crippen LogP contribution in [0.3, 0.4) is 0 Å². The Morgan fingerprint density at radius 3 is 2.85 bits per heavy atom. The van der Waals surface area contributed by atoms with Crippen LogP contribution in [-0.4, -0.2) is 13.1 Å². The van der Waals surface area contributed by atoms with Gasteiger partial charge in [0.05, 0.1) is 0 Å². The maximum Gasteiger partial charge on any atom is 0.0400 e. The lowest BCUT2D eigenvalue weighted by Gasteiger charge is -2.15. The summed E-state index contributed by atoms with van der Waals surface area (Å²) >= 11 is 0. The second-order valence-electron chi connectivity index (χ2n) is 5.61. The van der Waals surface area contributed by atoms with E-state index in [9.17, 15) is 0 Å².